The van der Waals surface area contributed by atoms with Gasteiger partial charge in [0.05, 0.1) is 6.10 Å². The molecule has 1 aliphatic carbocycles. The Bertz CT molecular complexity index is 358. The maximum absolute atomic E-state index is 9.74. The lowest BCUT2D eigenvalue weighted by atomic mass is 9.87. The number of aliphatic hydroxyl groups excluding tert-OH is 1. The van der Waals surface area contributed by atoms with Crippen LogP contribution in [0.2, 0.25) is 0 Å². The number of aliphatic hydroxyl groups is 1. The summed E-state index contributed by atoms with van der Waals surface area (Å²) in [4.78, 5) is 0. The van der Waals surface area contributed by atoms with Crippen LogP contribution in [0, 0.1) is 17.8 Å². The molecule has 78 valence electrons. The van der Waals surface area contributed by atoms with Crippen molar-refractivity contribution in [2.45, 2.75) is 31.8 Å². The molecule has 0 radical (unpaired) electrons. The van der Waals surface area contributed by atoms with Crippen molar-refractivity contribution < 1.29 is 5.11 Å². The van der Waals surface area contributed by atoms with Crippen LogP contribution in [0.1, 0.15) is 31.2 Å². The fraction of sp³-hybridized carbons (Fsp3) is 0.429. The predicted octanol–water partition coefficient (Wildman–Crippen LogP) is 2.59. The Labute approximate surface area is 91.1 Å². The Morgan fingerprint density at radius 3 is 2.53 bits per heavy atom. The maximum Gasteiger partial charge on any atom is 0.0677 e. The zero-order valence-corrected chi connectivity index (χ0v) is 8.82. The van der Waals surface area contributed by atoms with Crippen molar-refractivity contribution in [1.82, 2.24) is 0 Å². The minimum absolute atomic E-state index is 0.180. The summed E-state index contributed by atoms with van der Waals surface area (Å²) in [6.45, 7) is 0. The highest BCUT2D eigenvalue weighted by Gasteiger charge is 2.20. The third kappa shape index (κ3) is 2.84. The van der Waals surface area contributed by atoms with Gasteiger partial charge in [-0.3, -0.25) is 0 Å². The van der Waals surface area contributed by atoms with E-state index in [-0.39, 0.29) is 12.0 Å². The van der Waals surface area contributed by atoms with Gasteiger partial charge in [0.15, 0.2) is 0 Å². The van der Waals surface area contributed by atoms with Crippen LogP contribution < -0.4 is 0 Å². The zero-order chi connectivity index (χ0) is 10.5. The first-order valence-corrected chi connectivity index (χ1v) is 5.61. The highest BCUT2D eigenvalue weighted by molar-refractivity contribution is 5.34. The van der Waals surface area contributed by atoms with Crippen molar-refractivity contribution in [2.75, 3.05) is 0 Å². The van der Waals surface area contributed by atoms with Gasteiger partial charge in [0.1, 0.15) is 0 Å². The molecule has 0 bridgehead atoms. The van der Waals surface area contributed by atoms with Gasteiger partial charge in [0.25, 0.3) is 0 Å². The van der Waals surface area contributed by atoms with E-state index in [4.69, 9.17) is 0 Å². The van der Waals surface area contributed by atoms with Crippen molar-refractivity contribution in [3.8, 4) is 11.8 Å². The summed E-state index contributed by atoms with van der Waals surface area (Å²) in [5.74, 6) is 6.50. The van der Waals surface area contributed by atoms with Gasteiger partial charge >= 0.3 is 0 Å². The molecule has 1 saturated carbocycles. The normalized spacial score (nSPS) is 25.4. The molecule has 1 heteroatoms. The summed E-state index contributed by atoms with van der Waals surface area (Å²) in [5.41, 5.74) is 1.04. The van der Waals surface area contributed by atoms with Crippen LogP contribution in [0.3, 0.4) is 0 Å². The summed E-state index contributed by atoms with van der Waals surface area (Å²) in [7, 11) is 0. The molecule has 1 aromatic rings. The third-order valence-corrected chi connectivity index (χ3v) is 2.91. The van der Waals surface area contributed by atoms with Crippen molar-refractivity contribution in [3.05, 3.63) is 35.9 Å². The van der Waals surface area contributed by atoms with E-state index >= 15 is 0 Å². The van der Waals surface area contributed by atoms with Crippen LogP contribution in [0.25, 0.3) is 0 Å². The van der Waals surface area contributed by atoms with Gasteiger partial charge in [-0.2, -0.15) is 0 Å². The Balaban J connectivity index is 2.04. The Kier molecular flexibility index (Phi) is 3.42. The first-order chi connectivity index (χ1) is 7.36. The second-order valence-electron chi connectivity index (χ2n) is 4.09. The quantitative estimate of drug-likeness (QED) is 0.638. The van der Waals surface area contributed by atoms with Crippen molar-refractivity contribution >= 4 is 0 Å². The largest absolute Gasteiger partial charge is 0.392 e. The maximum atomic E-state index is 9.74. The van der Waals surface area contributed by atoms with Gasteiger partial charge < -0.3 is 5.11 Å². The van der Waals surface area contributed by atoms with E-state index in [0.29, 0.717) is 0 Å². The lowest BCUT2D eigenvalue weighted by Crippen LogP contribution is -2.22. The zero-order valence-electron chi connectivity index (χ0n) is 8.82. The van der Waals surface area contributed by atoms with Gasteiger partial charge in [0.2, 0.25) is 0 Å². The lowest BCUT2D eigenvalue weighted by molar-refractivity contribution is 0.0970. The van der Waals surface area contributed by atoms with Crippen LogP contribution in [0.4, 0.5) is 0 Å². The van der Waals surface area contributed by atoms with Gasteiger partial charge in [-0.15, -0.1) is 0 Å². The van der Waals surface area contributed by atoms with Crippen LogP contribution in [-0.4, -0.2) is 11.2 Å². The average Bonchev–Trinajstić information content (AvgIpc) is 2.29. The molecule has 15 heavy (non-hydrogen) atoms. The van der Waals surface area contributed by atoms with Crippen molar-refractivity contribution in [2.24, 2.45) is 5.92 Å². The molecule has 0 amide bonds. The SMILES string of the molecule is O[C@H]1CCCC[C@@H]1C#Cc1ccccc1. The highest BCUT2D eigenvalue weighted by atomic mass is 16.3. The molecule has 0 spiro atoms. The average molecular weight is 200 g/mol. The molecule has 1 N–H and O–H groups in total. The molecule has 0 aliphatic heterocycles. The van der Waals surface area contributed by atoms with E-state index in [1.165, 1.54) is 6.42 Å². The second-order valence-corrected chi connectivity index (χ2v) is 4.09. The number of hydrogen-bond acceptors (Lipinski definition) is 1. The lowest BCUT2D eigenvalue weighted by Gasteiger charge is -2.22. The minimum atomic E-state index is -0.213. The third-order valence-electron chi connectivity index (χ3n) is 2.91. The van der Waals surface area contributed by atoms with Crippen molar-refractivity contribution in [3.63, 3.8) is 0 Å². The molecule has 0 unspecified atom stereocenters. The van der Waals surface area contributed by atoms with Crippen LogP contribution >= 0.6 is 0 Å². The minimum Gasteiger partial charge on any atom is -0.392 e. The molecule has 2 atom stereocenters. The van der Waals surface area contributed by atoms with Crippen LogP contribution in [0.5, 0.6) is 0 Å². The molecule has 1 aromatic carbocycles. The molecule has 0 heterocycles. The topological polar surface area (TPSA) is 20.2 Å². The fourth-order valence-electron chi connectivity index (χ4n) is 1.98. The molecule has 2 rings (SSSR count). The first kappa shape index (κ1) is 10.3. The summed E-state index contributed by atoms with van der Waals surface area (Å²) < 4.78 is 0. The Morgan fingerprint density at radius 1 is 1.07 bits per heavy atom. The number of benzene rings is 1. The molecule has 1 nitrogen and oxygen atoms in total. The fourth-order valence-corrected chi connectivity index (χ4v) is 1.98. The van der Waals surface area contributed by atoms with Gasteiger partial charge in [-0.05, 0) is 25.0 Å². The monoisotopic (exact) mass is 200 g/mol. The Hall–Kier alpha value is -1.26. The highest BCUT2D eigenvalue weighted by Crippen LogP contribution is 2.23. The summed E-state index contributed by atoms with van der Waals surface area (Å²) in [6, 6.07) is 9.97. The molecular formula is C14H16O. The molecular weight excluding hydrogens is 184 g/mol. The van der Waals surface area contributed by atoms with E-state index in [1.807, 2.05) is 30.3 Å². The molecule has 0 aromatic heterocycles. The van der Waals surface area contributed by atoms with E-state index in [2.05, 4.69) is 11.8 Å². The van der Waals surface area contributed by atoms with E-state index < -0.39 is 0 Å². The second kappa shape index (κ2) is 5.00. The van der Waals surface area contributed by atoms with Gasteiger partial charge in [-0.25, -0.2) is 0 Å². The van der Waals surface area contributed by atoms with E-state index in [9.17, 15) is 5.11 Å². The standard InChI is InChI=1S/C14H16O/c15-14-9-5-4-8-13(14)11-10-12-6-2-1-3-7-12/h1-3,6-7,13-15H,4-5,8-9H2/t13-,14+/m1/s1. The summed E-state index contributed by atoms with van der Waals surface area (Å²) >= 11 is 0. The number of hydrogen-bond donors (Lipinski definition) is 1. The Morgan fingerprint density at radius 2 is 1.80 bits per heavy atom. The van der Waals surface area contributed by atoms with Crippen LogP contribution in [-0.2, 0) is 0 Å². The summed E-state index contributed by atoms with van der Waals surface area (Å²) in [5, 5.41) is 9.74. The molecule has 1 fully saturated rings. The predicted molar refractivity (Wildman–Crippen MR) is 61.3 cm³/mol. The number of rotatable bonds is 0. The summed E-state index contributed by atoms with van der Waals surface area (Å²) in [6.07, 6.45) is 4.08. The van der Waals surface area contributed by atoms with Gasteiger partial charge in [-0.1, -0.05) is 42.9 Å². The first-order valence-electron chi connectivity index (χ1n) is 5.61. The van der Waals surface area contributed by atoms with Gasteiger partial charge in [0, 0.05) is 11.5 Å². The smallest absolute Gasteiger partial charge is 0.0677 e. The molecule has 1 aliphatic rings. The molecule has 0 saturated heterocycles. The van der Waals surface area contributed by atoms with Crippen molar-refractivity contribution in [1.29, 1.82) is 0 Å². The van der Waals surface area contributed by atoms with Crippen LogP contribution in [0.15, 0.2) is 30.3 Å². The van der Waals surface area contributed by atoms with E-state index in [0.717, 1.165) is 24.8 Å². The van der Waals surface area contributed by atoms with E-state index in [1.54, 1.807) is 0 Å².